The predicted molar refractivity (Wildman–Crippen MR) is 78.7 cm³/mol. The van der Waals surface area contributed by atoms with Gasteiger partial charge in [0.1, 0.15) is 0 Å². The molecule has 0 spiro atoms. The van der Waals surface area contributed by atoms with E-state index in [2.05, 4.69) is 59.3 Å². The lowest BCUT2D eigenvalue weighted by atomic mass is 10.1. The summed E-state index contributed by atoms with van der Waals surface area (Å²) in [7, 11) is 0. The van der Waals surface area contributed by atoms with E-state index in [1.807, 2.05) is 12.1 Å². The van der Waals surface area contributed by atoms with Crippen LogP contribution in [-0.2, 0) is 13.0 Å². The number of hydrogen-bond acceptors (Lipinski definition) is 1. The van der Waals surface area contributed by atoms with E-state index < -0.39 is 0 Å². The summed E-state index contributed by atoms with van der Waals surface area (Å²) in [6.45, 7) is 0.963. The second kappa shape index (κ2) is 5.11. The monoisotopic (exact) mass is 249 g/mol. The molecule has 0 fully saturated rings. The molecule has 1 aromatic heterocycles. The molecule has 0 bridgehead atoms. The molecule has 0 radical (unpaired) electrons. The third-order valence-electron chi connectivity index (χ3n) is 3.44. The molecule has 0 unspecified atom stereocenters. The molecule has 2 heteroatoms. The Hall–Kier alpha value is -2.35. The largest absolute Gasteiger partial charge is 0.398 e. The topological polar surface area (TPSA) is 29.9 Å². The van der Waals surface area contributed by atoms with Gasteiger partial charge in [-0.3, -0.25) is 0 Å². The molecule has 3 rings (SSSR count). The molecule has 0 aliphatic rings. The molecule has 0 amide bonds. The minimum atomic E-state index is 0.839. The lowest BCUT2D eigenvalue weighted by molar-refractivity contribution is -0.670. The van der Waals surface area contributed by atoms with Gasteiger partial charge in [-0.05, 0) is 11.6 Å². The van der Waals surface area contributed by atoms with Gasteiger partial charge in [0.25, 0.3) is 0 Å². The van der Waals surface area contributed by atoms with Crippen LogP contribution >= 0.6 is 0 Å². The Morgan fingerprint density at radius 2 is 1.58 bits per heavy atom. The minimum absolute atomic E-state index is 0.839. The maximum absolute atomic E-state index is 6.02. The van der Waals surface area contributed by atoms with Crippen molar-refractivity contribution >= 4 is 16.6 Å². The van der Waals surface area contributed by atoms with Crippen molar-refractivity contribution < 1.29 is 4.57 Å². The summed E-state index contributed by atoms with van der Waals surface area (Å²) in [5.74, 6) is 0. The van der Waals surface area contributed by atoms with Crippen molar-refractivity contribution in [2.24, 2.45) is 0 Å². The van der Waals surface area contributed by atoms with Gasteiger partial charge >= 0.3 is 0 Å². The molecule has 1 heterocycles. The molecular formula is C17H17N2+. The van der Waals surface area contributed by atoms with Crippen LogP contribution in [0.5, 0.6) is 0 Å². The van der Waals surface area contributed by atoms with E-state index in [4.69, 9.17) is 5.73 Å². The van der Waals surface area contributed by atoms with Gasteiger partial charge < -0.3 is 5.73 Å². The summed E-state index contributed by atoms with van der Waals surface area (Å²) in [6.07, 6.45) is 3.10. The maximum atomic E-state index is 6.02. The summed E-state index contributed by atoms with van der Waals surface area (Å²) in [5, 5.41) is 1.12. The lowest BCUT2D eigenvalue weighted by Gasteiger charge is -2.04. The summed E-state index contributed by atoms with van der Waals surface area (Å²) >= 11 is 0. The van der Waals surface area contributed by atoms with Crippen molar-refractivity contribution in [3.63, 3.8) is 0 Å². The fourth-order valence-electron chi connectivity index (χ4n) is 2.40. The number of fused-ring (bicyclic) bond motifs is 1. The summed E-state index contributed by atoms with van der Waals surface area (Å²) in [6, 6.07) is 20.8. The zero-order chi connectivity index (χ0) is 13.1. The first-order valence-corrected chi connectivity index (χ1v) is 6.55. The molecule has 2 aromatic carbocycles. The second-order valence-corrected chi connectivity index (χ2v) is 4.72. The average molecular weight is 249 g/mol. The Balaban J connectivity index is 1.91. The van der Waals surface area contributed by atoms with Gasteiger partial charge in [0, 0.05) is 18.6 Å². The second-order valence-electron chi connectivity index (χ2n) is 4.72. The number of anilines is 1. The first-order chi connectivity index (χ1) is 9.34. The van der Waals surface area contributed by atoms with Crippen molar-refractivity contribution in [2.45, 2.75) is 13.0 Å². The molecule has 2 N–H and O–H groups in total. The van der Waals surface area contributed by atoms with Crippen molar-refractivity contribution in [2.75, 3.05) is 5.73 Å². The Labute approximate surface area is 113 Å². The molecule has 3 aromatic rings. The van der Waals surface area contributed by atoms with Crippen LogP contribution in [0.1, 0.15) is 5.56 Å². The zero-order valence-corrected chi connectivity index (χ0v) is 10.8. The Kier molecular flexibility index (Phi) is 3.15. The van der Waals surface area contributed by atoms with E-state index in [1.54, 1.807) is 0 Å². The van der Waals surface area contributed by atoms with Gasteiger partial charge in [-0.25, -0.2) is 0 Å². The number of benzene rings is 2. The molecule has 19 heavy (non-hydrogen) atoms. The number of pyridine rings is 1. The molecule has 0 aliphatic heterocycles. The Morgan fingerprint density at radius 3 is 2.42 bits per heavy atom. The van der Waals surface area contributed by atoms with E-state index in [-0.39, 0.29) is 0 Å². The van der Waals surface area contributed by atoms with E-state index in [1.165, 1.54) is 11.1 Å². The molecule has 0 aliphatic carbocycles. The van der Waals surface area contributed by atoms with Crippen LogP contribution in [0.15, 0.2) is 66.9 Å². The third-order valence-corrected chi connectivity index (χ3v) is 3.44. The van der Waals surface area contributed by atoms with Gasteiger partial charge in [-0.2, -0.15) is 4.57 Å². The highest BCUT2D eigenvalue weighted by Crippen LogP contribution is 2.16. The van der Waals surface area contributed by atoms with Gasteiger partial charge in [-0.1, -0.05) is 42.5 Å². The van der Waals surface area contributed by atoms with Gasteiger partial charge in [0.15, 0.2) is 12.7 Å². The van der Waals surface area contributed by atoms with Crippen LogP contribution in [0.4, 0.5) is 5.69 Å². The van der Waals surface area contributed by atoms with Gasteiger partial charge in [0.05, 0.1) is 11.1 Å². The van der Waals surface area contributed by atoms with Crippen molar-refractivity contribution in [3.8, 4) is 0 Å². The van der Waals surface area contributed by atoms with Gasteiger partial charge in [0.2, 0.25) is 5.52 Å². The number of nitrogens with two attached hydrogens (primary N) is 1. The molecule has 0 saturated heterocycles. The van der Waals surface area contributed by atoms with Crippen molar-refractivity contribution in [3.05, 3.63) is 72.4 Å². The fourth-order valence-corrected chi connectivity index (χ4v) is 2.40. The average Bonchev–Trinajstić information content (AvgIpc) is 2.48. The number of aromatic nitrogens is 1. The first-order valence-electron chi connectivity index (χ1n) is 6.55. The number of nitrogen functional groups attached to an aromatic ring is 1. The minimum Gasteiger partial charge on any atom is -0.398 e. The standard InChI is InChI=1S/C17H16N2/c18-16-11-13-19(17-9-5-4-8-15(16)17)12-10-14-6-2-1-3-7-14/h1-9,11,13,18H,10,12H2/p+1. The summed E-state index contributed by atoms with van der Waals surface area (Å²) < 4.78 is 2.26. The maximum Gasteiger partial charge on any atom is 0.214 e. The van der Waals surface area contributed by atoms with Crippen LogP contribution < -0.4 is 10.3 Å². The van der Waals surface area contributed by atoms with E-state index in [9.17, 15) is 0 Å². The van der Waals surface area contributed by atoms with Crippen LogP contribution in [0.25, 0.3) is 10.9 Å². The highest BCUT2D eigenvalue weighted by atomic mass is 14.9. The number of aryl methyl sites for hydroxylation is 2. The van der Waals surface area contributed by atoms with E-state index >= 15 is 0 Å². The molecule has 0 atom stereocenters. The van der Waals surface area contributed by atoms with Crippen molar-refractivity contribution in [1.82, 2.24) is 0 Å². The smallest absolute Gasteiger partial charge is 0.214 e. The van der Waals surface area contributed by atoms with Gasteiger partial charge in [-0.15, -0.1) is 0 Å². The highest BCUT2D eigenvalue weighted by molar-refractivity contribution is 5.87. The number of nitrogens with zero attached hydrogens (tertiary/aromatic N) is 1. The Bertz CT molecular complexity index is 690. The first kappa shape index (κ1) is 11.7. The normalized spacial score (nSPS) is 10.7. The molecule has 94 valence electrons. The van der Waals surface area contributed by atoms with Crippen molar-refractivity contribution in [1.29, 1.82) is 0 Å². The number of para-hydroxylation sites is 1. The lowest BCUT2D eigenvalue weighted by Crippen LogP contribution is -2.35. The van der Waals surface area contributed by atoms with Crippen LogP contribution in [0.2, 0.25) is 0 Å². The summed E-state index contributed by atoms with van der Waals surface area (Å²) in [5.41, 5.74) is 9.41. The van der Waals surface area contributed by atoms with Crippen LogP contribution in [0.3, 0.4) is 0 Å². The van der Waals surface area contributed by atoms with E-state index in [0.717, 1.165) is 24.0 Å². The number of hydrogen-bond donors (Lipinski definition) is 1. The third kappa shape index (κ3) is 2.43. The van der Waals surface area contributed by atoms with E-state index in [0.29, 0.717) is 0 Å². The SMILES string of the molecule is Nc1cc[n+](CCc2ccccc2)c2ccccc12. The Morgan fingerprint density at radius 1 is 0.842 bits per heavy atom. The van der Waals surface area contributed by atoms with Crippen LogP contribution in [-0.4, -0.2) is 0 Å². The quantitative estimate of drug-likeness (QED) is 0.711. The molecule has 2 nitrogen and oxygen atoms in total. The predicted octanol–water partition coefficient (Wildman–Crippen LogP) is 2.95. The van der Waals surface area contributed by atoms with Crippen LogP contribution in [0, 0.1) is 0 Å². The number of rotatable bonds is 3. The summed E-state index contributed by atoms with van der Waals surface area (Å²) in [4.78, 5) is 0. The fraction of sp³-hybridized carbons (Fsp3) is 0.118. The zero-order valence-electron chi connectivity index (χ0n) is 10.8. The molecular weight excluding hydrogens is 232 g/mol. The molecule has 0 saturated carbocycles. The highest BCUT2D eigenvalue weighted by Gasteiger charge is 2.10.